The highest BCUT2D eigenvalue weighted by Crippen LogP contribution is 2.40. The number of nitrogens with one attached hydrogen (secondary N) is 2. The van der Waals surface area contributed by atoms with Crippen molar-refractivity contribution >= 4 is 22.9 Å². The number of rotatable bonds is 8. The number of allylic oxidation sites excluding steroid dienone is 1. The molecule has 2 aromatic heterocycles. The molecule has 2 N–H and O–H groups in total. The van der Waals surface area contributed by atoms with Gasteiger partial charge in [-0.15, -0.1) is 5.10 Å². The van der Waals surface area contributed by atoms with Crippen LogP contribution in [0.15, 0.2) is 66.0 Å². The molecule has 0 fully saturated rings. The Balaban J connectivity index is 1.36. The molecule has 0 radical (unpaired) electrons. The van der Waals surface area contributed by atoms with Crippen molar-refractivity contribution < 1.29 is 49.8 Å². The molecule has 1 unspecified atom stereocenters. The Morgan fingerprint density at radius 2 is 1.78 bits per heavy atom. The Morgan fingerprint density at radius 3 is 2.44 bits per heavy atom. The number of para-hydroxylation sites is 1. The van der Waals surface area contributed by atoms with E-state index in [1.165, 1.54) is 29.1 Å². The zero-order chi connectivity index (χ0) is 32.5. The maximum atomic E-state index is 13.5. The molecule has 10 nitrogen and oxygen atoms in total. The van der Waals surface area contributed by atoms with Crippen LogP contribution in [0, 0.1) is 5.82 Å². The van der Waals surface area contributed by atoms with Gasteiger partial charge in [-0.25, -0.2) is 23.6 Å². The van der Waals surface area contributed by atoms with Crippen LogP contribution in [0.25, 0.3) is 10.9 Å². The number of aromatic nitrogens is 4. The second-order valence-electron chi connectivity index (χ2n) is 9.68. The molecule has 236 valence electrons. The van der Waals surface area contributed by atoms with Gasteiger partial charge in [0.15, 0.2) is 0 Å². The number of urea groups is 1. The van der Waals surface area contributed by atoms with Crippen molar-refractivity contribution in [2.75, 3.05) is 13.7 Å². The number of hydrogen-bond acceptors (Lipinski definition) is 7. The number of carbonyl (C=O) groups is 2. The molecule has 2 amide bonds. The fraction of sp³-hybridized carbons (Fsp3) is 0.250. The van der Waals surface area contributed by atoms with Gasteiger partial charge in [0.05, 0.1) is 54.3 Å². The molecule has 17 heteroatoms. The van der Waals surface area contributed by atoms with Gasteiger partial charge in [-0.2, -0.15) is 26.3 Å². The molecule has 2 aromatic carbocycles. The number of ether oxygens (including phenoxy) is 2. The minimum absolute atomic E-state index is 0.0207. The quantitative estimate of drug-likeness (QED) is 0.204. The lowest BCUT2D eigenvalue weighted by molar-refractivity contribution is -0.142. The highest BCUT2D eigenvalue weighted by Gasteiger charge is 2.38. The first-order valence-electron chi connectivity index (χ1n) is 13.0. The molecule has 45 heavy (non-hydrogen) atoms. The van der Waals surface area contributed by atoms with Crippen molar-refractivity contribution in [3.05, 3.63) is 94.3 Å². The summed E-state index contributed by atoms with van der Waals surface area (Å²) in [4.78, 5) is 28.4. The number of amides is 2. The van der Waals surface area contributed by atoms with Crippen LogP contribution in [0.3, 0.4) is 0 Å². The minimum atomic E-state index is -5.04. The van der Waals surface area contributed by atoms with Crippen LogP contribution >= 0.6 is 0 Å². The van der Waals surface area contributed by atoms with Crippen molar-refractivity contribution in [1.29, 1.82) is 0 Å². The fourth-order valence-electron chi connectivity index (χ4n) is 4.67. The number of methoxy groups -OCH3 is 1. The van der Waals surface area contributed by atoms with Gasteiger partial charge in [-0.05, 0) is 29.8 Å². The van der Waals surface area contributed by atoms with Crippen LogP contribution in [0.2, 0.25) is 0 Å². The summed E-state index contributed by atoms with van der Waals surface area (Å²) < 4.78 is 106. The second-order valence-corrected chi connectivity index (χ2v) is 9.68. The van der Waals surface area contributed by atoms with E-state index in [1.807, 2.05) is 0 Å². The average Bonchev–Trinajstić information content (AvgIpc) is 3.42. The van der Waals surface area contributed by atoms with Crippen molar-refractivity contribution in [1.82, 2.24) is 30.6 Å². The van der Waals surface area contributed by atoms with E-state index in [9.17, 15) is 40.3 Å². The van der Waals surface area contributed by atoms with Crippen molar-refractivity contribution in [2.24, 2.45) is 0 Å². The smallest absolute Gasteiger partial charge is 0.433 e. The van der Waals surface area contributed by atoms with Crippen LogP contribution in [0.5, 0.6) is 5.75 Å². The average molecular weight is 638 g/mol. The molecule has 4 aromatic rings. The largest absolute Gasteiger partial charge is 0.492 e. The van der Waals surface area contributed by atoms with Crippen LogP contribution in [-0.2, 0) is 34.8 Å². The van der Waals surface area contributed by atoms with Crippen molar-refractivity contribution in [3.8, 4) is 5.75 Å². The number of halogens is 7. The minimum Gasteiger partial charge on any atom is -0.492 e. The molecule has 1 aliphatic heterocycles. The summed E-state index contributed by atoms with van der Waals surface area (Å²) in [7, 11) is 1.15. The van der Waals surface area contributed by atoms with Crippen molar-refractivity contribution in [2.45, 2.75) is 31.4 Å². The molecule has 5 rings (SSSR count). The Labute approximate surface area is 248 Å². The fourth-order valence-corrected chi connectivity index (χ4v) is 4.67. The van der Waals surface area contributed by atoms with Crippen molar-refractivity contribution in [3.63, 3.8) is 0 Å². The van der Waals surface area contributed by atoms with E-state index < -0.39 is 58.7 Å². The lowest BCUT2D eigenvalue weighted by atomic mass is 9.95. The second kappa shape index (κ2) is 12.0. The summed E-state index contributed by atoms with van der Waals surface area (Å²) >= 11 is 0. The van der Waals surface area contributed by atoms with Gasteiger partial charge in [-0.1, -0.05) is 23.4 Å². The lowest BCUT2D eigenvalue weighted by Crippen LogP contribution is -2.46. The molecule has 3 heterocycles. The maximum Gasteiger partial charge on any atom is 0.433 e. The summed E-state index contributed by atoms with van der Waals surface area (Å²) in [6.45, 7) is -0.470. The first kappa shape index (κ1) is 31.2. The molecule has 1 atom stereocenters. The van der Waals surface area contributed by atoms with Gasteiger partial charge in [0.2, 0.25) is 0 Å². The van der Waals surface area contributed by atoms with Gasteiger partial charge >= 0.3 is 24.4 Å². The Morgan fingerprint density at radius 1 is 1.04 bits per heavy atom. The van der Waals surface area contributed by atoms with E-state index in [0.717, 1.165) is 25.3 Å². The SMILES string of the molecule is COC(=O)C1=C(Cn2cc(CCOc3cc(C(F)(F)F)nc4c(C(F)(F)F)cccc34)nn2)NC(=O)NC1c1ccc(F)cc1. The molecule has 0 saturated heterocycles. The summed E-state index contributed by atoms with van der Waals surface area (Å²) in [6, 6.07) is 6.85. The number of nitrogens with zero attached hydrogens (tertiary/aromatic N) is 4. The zero-order valence-corrected chi connectivity index (χ0v) is 23.0. The number of pyridine rings is 1. The van der Waals surface area contributed by atoms with Crippen LogP contribution in [0.1, 0.15) is 28.6 Å². The zero-order valence-electron chi connectivity index (χ0n) is 23.0. The van der Waals surface area contributed by atoms with E-state index in [4.69, 9.17) is 9.47 Å². The summed E-state index contributed by atoms with van der Waals surface area (Å²) in [5, 5.41) is 12.8. The molecule has 1 aliphatic rings. The summed E-state index contributed by atoms with van der Waals surface area (Å²) in [6.07, 6.45) is -8.60. The molecular weight excluding hydrogens is 617 g/mol. The van der Waals surface area contributed by atoms with E-state index in [-0.39, 0.29) is 41.9 Å². The van der Waals surface area contributed by atoms with Gasteiger partial charge in [0.1, 0.15) is 17.3 Å². The van der Waals surface area contributed by atoms with Crippen LogP contribution in [-0.4, -0.2) is 45.7 Å². The lowest BCUT2D eigenvalue weighted by Gasteiger charge is -2.29. The monoisotopic (exact) mass is 638 g/mol. The first-order chi connectivity index (χ1) is 21.2. The van der Waals surface area contributed by atoms with Gasteiger partial charge < -0.3 is 20.1 Å². The predicted molar refractivity (Wildman–Crippen MR) is 141 cm³/mol. The number of esters is 1. The van der Waals surface area contributed by atoms with E-state index in [2.05, 4.69) is 25.9 Å². The normalized spacial score (nSPS) is 15.6. The van der Waals surface area contributed by atoms with Gasteiger partial charge in [-0.3, -0.25) is 0 Å². The van der Waals surface area contributed by atoms with E-state index >= 15 is 0 Å². The number of hydrogen-bond donors (Lipinski definition) is 2. The molecule has 0 aliphatic carbocycles. The molecule has 0 spiro atoms. The topological polar surface area (TPSA) is 120 Å². The number of fused-ring (bicyclic) bond motifs is 1. The number of benzene rings is 2. The summed E-state index contributed by atoms with van der Waals surface area (Å²) in [5.74, 6) is -1.76. The molecule has 0 saturated carbocycles. The highest BCUT2D eigenvalue weighted by atomic mass is 19.4. The van der Waals surface area contributed by atoms with Gasteiger partial charge in [0.25, 0.3) is 0 Å². The standard InChI is InChI=1S/C28H21F7N6O4/c1-44-25(42)22-19(36-26(43)38-23(22)14-5-7-15(29)8-6-14)13-41-12-16(39-40-41)9-10-45-20-11-21(28(33,34)35)37-24-17(20)3-2-4-18(24)27(30,31)32/h2-8,11-12,23H,9-10,13H2,1H3,(H2,36,38,43). The van der Waals surface area contributed by atoms with E-state index in [0.29, 0.717) is 17.7 Å². The first-order valence-corrected chi connectivity index (χ1v) is 13.0. The van der Waals surface area contributed by atoms with E-state index in [1.54, 1.807) is 0 Å². The van der Waals surface area contributed by atoms with Gasteiger partial charge in [0, 0.05) is 24.1 Å². The number of alkyl halides is 6. The third kappa shape index (κ3) is 6.81. The van der Waals surface area contributed by atoms with Crippen LogP contribution < -0.4 is 15.4 Å². The van der Waals surface area contributed by atoms with Crippen LogP contribution in [0.4, 0.5) is 35.5 Å². The Hall–Kier alpha value is -5.22. The third-order valence-corrected chi connectivity index (χ3v) is 6.68. The Kier molecular flexibility index (Phi) is 8.36. The molecule has 0 bridgehead atoms. The molecular formula is C28H21F7N6O4. The third-order valence-electron chi connectivity index (χ3n) is 6.68. The number of carbonyl (C=O) groups excluding carboxylic acids is 2. The maximum absolute atomic E-state index is 13.5. The predicted octanol–water partition coefficient (Wildman–Crippen LogP) is 5.11. The Bertz CT molecular complexity index is 1780. The summed E-state index contributed by atoms with van der Waals surface area (Å²) in [5.41, 5.74) is -2.99. The highest BCUT2D eigenvalue weighted by molar-refractivity contribution is 5.95.